The highest BCUT2D eigenvalue weighted by Gasteiger charge is 2.35. The molecule has 0 saturated heterocycles. The number of rotatable bonds is 4. The van der Waals surface area contributed by atoms with Gasteiger partial charge in [0.1, 0.15) is 0 Å². The van der Waals surface area contributed by atoms with Gasteiger partial charge in [-0.05, 0) is 28.4 Å². The highest BCUT2D eigenvalue weighted by Crippen LogP contribution is 2.61. The molecule has 1 N–H and O–H groups in total. The van der Waals surface area contributed by atoms with E-state index in [4.69, 9.17) is 27.0 Å². The Kier molecular flexibility index (Phi) is 4.70. The molecular formula is C4H10Cl2NO4PS. The summed E-state index contributed by atoms with van der Waals surface area (Å²) in [5.41, 5.74) is 0. The second kappa shape index (κ2) is 4.47. The summed E-state index contributed by atoms with van der Waals surface area (Å²) in [5.74, 6) is -4.16. The first-order valence-corrected chi connectivity index (χ1v) is 8.16. The highest BCUT2D eigenvalue weighted by atomic mass is 35.9. The van der Waals surface area contributed by atoms with E-state index < -0.39 is 16.3 Å². The third-order valence-electron chi connectivity index (χ3n) is 1.05. The molecule has 0 aliphatic carbocycles. The Morgan fingerprint density at radius 2 is 1.85 bits per heavy atom. The normalized spacial score (nSPS) is 14.1. The molecule has 0 aromatic rings. The van der Waals surface area contributed by atoms with Gasteiger partial charge in [-0.2, -0.15) is 8.42 Å². The van der Waals surface area contributed by atoms with Crippen LogP contribution in [-0.2, 0) is 14.9 Å². The van der Waals surface area contributed by atoms with Gasteiger partial charge in [0.05, 0.1) is 0 Å². The zero-order valence-corrected chi connectivity index (χ0v) is 10.2. The van der Waals surface area contributed by atoms with Crippen molar-refractivity contribution in [2.24, 2.45) is 5.92 Å². The van der Waals surface area contributed by atoms with Crippen molar-refractivity contribution in [3.8, 4) is 0 Å². The molecule has 0 aromatic carbocycles. The molecule has 0 rings (SSSR count). The molecule has 0 amide bonds. The van der Waals surface area contributed by atoms with Crippen molar-refractivity contribution >= 4 is 38.8 Å². The summed E-state index contributed by atoms with van der Waals surface area (Å²) in [5, 5.41) is 0. The van der Waals surface area contributed by atoms with Crippen LogP contribution >= 0.6 is 28.5 Å². The lowest BCUT2D eigenvalue weighted by Crippen LogP contribution is -2.28. The Morgan fingerprint density at radius 3 is 1.92 bits per heavy atom. The number of hydrogen-bond donors (Lipinski definition) is 1. The predicted molar refractivity (Wildman–Crippen MR) is 52.4 cm³/mol. The van der Waals surface area contributed by atoms with E-state index in [-0.39, 0.29) is 16.5 Å². The van der Waals surface area contributed by atoms with E-state index in [1.165, 1.54) is 0 Å². The topological polar surface area (TPSA) is 74.7 Å². The first-order chi connectivity index (χ1) is 5.55. The summed E-state index contributed by atoms with van der Waals surface area (Å²) in [6.45, 7) is 3.15. The van der Waals surface area contributed by atoms with Gasteiger partial charge in [0.25, 0.3) is 0 Å². The number of halogens is 2. The van der Waals surface area contributed by atoms with Gasteiger partial charge in [0.2, 0.25) is 0 Å². The monoisotopic (exact) mass is 269 g/mol. The minimum absolute atomic E-state index is 0.146. The van der Waals surface area contributed by atoms with Crippen LogP contribution in [0.2, 0.25) is 0 Å². The number of hydrogen-bond acceptors (Lipinski definition) is 3. The van der Waals surface area contributed by atoms with Crippen molar-refractivity contribution in [1.29, 1.82) is 0 Å². The van der Waals surface area contributed by atoms with Crippen molar-refractivity contribution in [1.82, 2.24) is 4.08 Å². The summed E-state index contributed by atoms with van der Waals surface area (Å²) in [4.78, 5) is 0. The van der Waals surface area contributed by atoms with Crippen LogP contribution in [-0.4, -0.2) is 23.6 Å². The fourth-order valence-corrected chi connectivity index (χ4v) is 4.36. The minimum Gasteiger partial charge on any atom is -0.273 e. The van der Waals surface area contributed by atoms with Crippen molar-refractivity contribution in [3.63, 3.8) is 0 Å². The van der Waals surface area contributed by atoms with Crippen LogP contribution in [0.4, 0.5) is 0 Å². The molecule has 0 unspecified atom stereocenters. The fraction of sp³-hybridized carbons (Fsp3) is 1.00. The lowest BCUT2D eigenvalue weighted by atomic mass is 10.2. The minimum atomic E-state index is -4.61. The summed E-state index contributed by atoms with van der Waals surface area (Å²) < 4.78 is 41.1. The molecule has 0 atom stereocenters. The Balaban J connectivity index is 4.91. The summed E-state index contributed by atoms with van der Waals surface area (Å²) in [7, 11) is -4.61. The second-order valence-electron chi connectivity index (χ2n) is 2.81. The Labute approximate surface area is 86.9 Å². The third-order valence-corrected chi connectivity index (χ3v) is 5.35. The van der Waals surface area contributed by atoms with Crippen LogP contribution in [0.25, 0.3) is 0 Å². The maximum absolute atomic E-state index is 11.0. The third kappa shape index (κ3) is 5.20. The molecule has 0 fully saturated rings. The molecule has 5 nitrogen and oxygen atoms in total. The summed E-state index contributed by atoms with van der Waals surface area (Å²) in [6.07, 6.45) is 0. The van der Waals surface area contributed by atoms with E-state index in [0.29, 0.717) is 0 Å². The van der Waals surface area contributed by atoms with E-state index in [1.54, 1.807) is 13.8 Å². The van der Waals surface area contributed by atoms with Crippen LogP contribution in [0.1, 0.15) is 13.8 Å². The zero-order valence-electron chi connectivity index (χ0n) is 7.02. The van der Waals surface area contributed by atoms with Gasteiger partial charge < -0.3 is 0 Å². The highest BCUT2D eigenvalue weighted by molar-refractivity contribution is 8.12. The summed E-state index contributed by atoms with van der Waals surface area (Å²) in [6, 6.07) is 0. The van der Waals surface area contributed by atoms with Gasteiger partial charge in [-0.3, -0.25) is 9.12 Å². The molecular weight excluding hydrogens is 260 g/mol. The predicted octanol–water partition coefficient (Wildman–Crippen LogP) is 2.33. The van der Waals surface area contributed by atoms with E-state index in [9.17, 15) is 13.0 Å². The van der Waals surface area contributed by atoms with Crippen LogP contribution in [0.15, 0.2) is 0 Å². The molecule has 0 saturated carbocycles. The lowest BCUT2D eigenvalue weighted by molar-refractivity contribution is 0.402. The van der Waals surface area contributed by atoms with E-state index in [1.807, 2.05) is 0 Å². The molecule has 0 bridgehead atoms. The zero-order chi connectivity index (χ0) is 10.9. The van der Waals surface area contributed by atoms with E-state index in [0.717, 1.165) is 0 Å². The largest absolute Gasteiger partial charge is 0.343 e. The average molecular weight is 270 g/mol. The van der Waals surface area contributed by atoms with E-state index in [2.05, 4.69) is 0 Å². The van der Waals surface area contributed by atoms with Crippen LogP contribution in [0.3, 0.4) is 0 Å². The van der Waals surface area contributed by atoms with Gasteiger partial charge in [0, 0.05) is 6.54 Å². The van der Waals surface area contributed by atoms with E-state index >= 15 is 0 Å². The lowest BCUT2D eigenvalue weighted by Gasteiger charge is -2.20. The quantitative estimate of drug-likeness (QED) is 0.628. The van der Waals surface area contributed by atoms with Crippen LogP contribution < -0.4 is 0 Å². The van der Waals surface area contributed by atoms with Gasteiger partial charge in [-0.15, -0.1) is 4.08 Å². The summed E-state index contributed by atoms with van der Waals surface area (Å²) >= 11 is 10.3. The molecule has 80 valence electrons. The fourth-order valence-electron chi connectivity index (χ4n) is 0.622. The first kappa shape index (κ1) is 13.7. The van der Waals surface area contributed by atoms with Crippen molar-refractivity contribution in [2.45, 2.75) is 13.8 Å². The van der Waals surface area contributed by atoms with Gasteiger partial charge >= 0.3 is 16.3 Å². The molecule has 13 heavy (non-hydrogen) atoms. The second-order valence-corrected chi connectivity index (χ2v) is 9.04. The molecule has 0 spiro atoms. The molecule has 0 aromatic heterocycles. The standard InChI is InChI=1S/C4H10Cl2NO4PS/c1-4(2)3-7(12(5,6)8)13(9,10)11/h4H,3H2,1-2H3,(H,9,10,11). The van der Waals surface area contributed by atoms with Gasteiger partial charge in [-0.25, -0.2) is 0 Å². The first-order valence-electron chi connectivity index (χ1n) is 3.30. The van der Waals surface area contributed by atoms with Crippen molar-refractivity contribution in [2.75, 3.05) is 6.54 Å². The van der Waals surface area contributed by atoms with Gasteiger partial charge in [0.15, 0.2) is 0 Å². The smallest absolute Gasteiger partial charge is 0.273 e. The molecule has 0 radical (unpaired) electrons. The average Bonchev–Trinajstić information content (AvgIpc) is 1.77. The maximum atomic E-state index is 11.0. The Hall–Kier alpha value is 0.680. The SMILES string of the molecule is CC(C)CN(P(=O)(Cl)Cl)S(=O)(=O)O. The number of nitrogens with zero attached hydrogens (tertiary/aromatic N) is 1. The van der Waals surface area contributed by atoms with Crippen LogP contribution in [0, 0.1) is 5.92 Å². The molecule has 0 aliphatic heterocycles. The van der Waals surface area contributed by atoms with Crippen molar-refractivity contribution in [3.05, 3.63) is 0 Å². The van der Waals surface area contributed by atoms with Crippen LogP contribution in [0.5, 0.6) is 0 Å². The molecule has 0 heterocycles. The Bertz CT molecular complexity index is 310. The van der Waals surface area contributed by atoms with Gasteiger partial charge in [-0.1, -0.05) is 13.8 Å². The molecule has 0 aliphatic rings. The van der Waals surface area contributed by atoms with Crippen molar-refractivity contribution < 1.29 is 17.5 Å². The molecule has 9 heteroatoms. The maximum Gasteiger partial charge on any atom is 0.343 e. The Morgan fingerprint density at radius 1 is 1.46 bits per heavy atom.